The summed E-state index contributed by atoms with van der Waals surface area (Å²) in [4.78, 5) is 0. The summed E-state index contributed by atoms with van der Waals surface area (Å²) in [6.45, 7) is 2.86. The first-order valence-corrected chi connectivity index (χ1v) is 8.85. The van der Waals surface area contributed by atoms with Crippen LogP contribution in [-0.4, -0.2) is 30.5 Å². The Balaban J connectivity index is 1.94. The van der Waals surface area contributed by atoms with Gasteiger partial charge in [0.25, 0.3) is 0 Å². The number of aryl methyl sites for hydroxylation is 1. The van der Waals surface area contributed by atoms with E-state index in [9.17, 15) is 0 Å². The van der Waals surface area contributed by atoms with E-state index in [1.54, 1.807) is 14.2 Å². The van der Waals surface area contributed by atoms with Gasteiger partial charge in [-0.2, -0.15) is 5.10 Å². The molecular formula is C20H20ClN3O2. The second-order valence-corrected chi connectivity index (χ2v) is 6.64. The van der Waals surface area contributed by atoms with Gasteiger partial charge in [-0.25, -0.2) is 4.68 Å². The Morgan fingerprint density at radius 3 is 2.50 bits per heavy atom. The number of ether oxygens (including phenoxy) is 2. The Hall–Kier alpha value is -2.66. The van der Waals surface area contributed by atoms with Crippen molar-refractivity contribution in [3.8, 4) is 28.4 Å². The van der Waals surface area contributed by atoms with Crippen LogP contribution in [-0.2, 0) is 6.42 Å². The molecule has 0 saturated carbocycles. The number of rotatable bonds is 4. The minimum Gasteiger partial charge on any atom is -0.496 e. The third-order valence-corrected chi connectivity index (χ3v) is 5.12. The molecule has 1 aliphatic heterocycles. The zero-order valence-corrected chi connectivity index (χ0v) is 15.7. The van der Waals surface area contributed by atoms with Gasteiger partial charge in [0.15, 0.2) is 0 Å². The van der Waals surface area contributed by atoms with Crippen LogP contribution < -0.4 is 14.8 Å². The lowest BCUT2D eigenvalue weighted by Gasteiger charge is -2.12. The lowest BCUT2D eigenvalue weighted by molar-refractivity contribution is 0.397. The van der Waals surface area contributed by atoms with E-state index in [-0.39, 0.29) is 0 Å². The Kier molecular flexibility index (Phi) is 4.24. The molecule has 0 aliphatic carbocycles. The summed E-state index contributed by atoms with van der Waals surface area (Å²) in [6, 6.07) is 11.7. The molecule has 2 aromatic carbocycles. The fraction of sp³-hybridized carbons (Fsp3) is 0.250. The highest BCUT2D eigenvalue weighted by Crippen LogP contribution is 2.43. The SMILES string of the molecule is COc1cccc(OC)c1-c1nn(-c2ccc(C)c(Cl)c2)c2c1CCN2. The number of nitrogens with one attached hydrogen (secondary N) is 1. The highest BCUT2D eigenvalue weighted by Gasteiger charge is 2.27. The summed E-state index contributed by atoms with van der Waals surface area (Å²) in [6.07, 6.45) is 0.894. The second-order valence-electron chi connectivity index (χ2n) is 6.24. The van der Waals surface area contributed by atoms with E-state index in [2.05, 4.69) is 5.32 Å². The van der Waals surface area contributed by atoms with E-state index in [4.69, 9.17) is 26.2 Å². The maximum Gasteiger partial charge on any atom is 0.133 e. The number of hydrogen-bond donors (Lipinski definition) is 1. The fourth-order valence-corrected chi connectivity index (χ4v) is 3.54. The molecular weight excluding hydrogens is 350 g/mol. The molecule has 2 heterocycles. The number of anilines is 1. The van der Waals surface area contributed by atoms with E-state index < -0.39 is 0 Å². The molecule has 1 aromatic heterocycles. The van der Waals surface area contributed by atoms with Gasteiger partial charge in [0.1, 0.15) is 23.0 Å². The Labute approximate surface area is 157 Å². The first-order valence-electron chi connectivity index (χ1n) is 8.47. The van der Waals surface area contributed by atoms with Gasteiger partial charge in [0.05, 0.1) is 25.5 Å². The Morgan fingerprint density at radius 2 is 1.85 bits per heavy atom. The maximum absolute atomic E-state index is 6.33. The van der Waals surface area contributed by atoms with Crippen molar-refractivity contribution in [1.82, 2.24) is 9.78 Å². The molecule has 0 unspecified atom stereocenters. The predicted molar refractivity (Wildman–Crippen MR) is 104 cm³/mol. The monoisotopic (exact) mass is 369 g/mol. The molecule has 3 aromatic rings. The van der Waals surface area contributed by atoms with Crippen LogP contribution in [0.1, 0.15) is 11.1 Å². The van der Waals surface area contributed by atoms with Crippen molar-refractivity contribution in [2.75, 3.05) is 26.1 Å². The van der Waals surface area contributed by atoms with Crippen LogP contribution in [0, 0.1) is 6.92 Å². The highest BCUT2D eigenvalue weighted by atomic mass is 35.5. The van der Waals surface area contributed by atoms with Gasteiger partial charge in [-0.15, -0.1) is 0 Å². The van der Waals surface area contributed by atoms with Crippen molar-refractivity contribution >= 4 is 17.4 Å². The van der Waals surface area contributed by atoms with E-state index in [0.717, 1.165) is 63.4 Å². The van der Waals surface area contributed by atoms with E-state index in [0.29, 0.717) is 0 Å². The molecule has 4 rings (SSSR count). The largest absolute Gasteiger partial charge is 0.496 e. The molecule has 6 heteroatoms. The van der Waals surface area contributed by atoms with Crippen LogP contribution in [0.15, 0.2) is 36.4 Å². The molecule has 0 fully saturated rings. The Morgan fingerprint density at radius 1 is 1.12 bits per heavy atom. The van der Waals surface area contributed by atoms with Gasteiger partial charge in [0.2, 0.25) is 0 Å². The fourth-order valence-electron chi connectivity index (χ4n) is 3.36. The standard InChI is InChI=1S/C20H20ClN3O2/c1-12-7-8-13(11-15(12)21)24-20-14(9-10-22-20)19(23-24)18-16(25-2)5-4-6-17(18)26-3/h4-8,11,22H,9-10H2,1-3H3. The number of benzene rings is 2. The summed E-state index contributed by atoms with van der Waals surface area (Å²) in [5.41, 5.74) is 4.86. The van der Waals surface area contributed by atoms with Gasteiger partial charge in [0, 0.05) is 17.1 Å². The highest BCUT2D eigenvalue weighted by molar-refractivity contribution is 6.31. The first kappa shape index (κ1) is 16.8. The molecule has 134 valence electrons. The van der Waals surface area contributed by atoms with Gasteiger partial charge in [-0.05, 0) is 43.2 Å². The number of nitrogens with zero attached hydrogens (tertiary/aromatic N) is 2. The Bertz CT molecular complexity index is 959. The smallest absolute Gasteiger partial charge is 0.133 e. The zero-order chi connectivity index (χ0) is 18.3. The lowest BCUT2D eigenvalue weighted by Crippen LogP contribution is -2.05. The molecule has 0 spiro atoms. The van der Waals surface area contributed by atoms with Crippen molar-refractivity contribution < 1.29 is 9.47 Å². The summed E-state index contributed by atoms with van der Waals surface area (Å²) < 4.78 is 13.1. The average Bonchev–Trinajstić information content (AvgIpc) is 3.26. The van der Waals surface area contributed by atoms with Crippen molar-refractivity contribution in [3.63, 3.8) is 0 Å². The minimum atomic E-state index is 0.723. The normalized spacial score (nSPS) is 12.6. The minimum absolute atomic E-state index is 0.723. The second kappa shape index (κ2) is 6.57. The van der Waals surface area contributed by atoms with Gasteiger partial charge in [-0.1, -0.05) is 23.7 Å². The number of halogens is 1. The molecule has 0 radical (unpaired) electrons. The molecule has 1 aliphatic rings. The molecule has 0 amide bonds. The summed E-state index contributed by atoms with van der Waals surface area (Å²) in [7, 11) is 3.32. The van der Waals surface area contributed by atoms with Crippen molar-refractivity contribution in [2.45, 2.75) is 13.3 Å². The first-order chi connectivity index (χ1) is 12.6. The maximum atomic E-state index is 6.33. The van der Waals surface area contributed by atoms with Gasteiger partial charge >= 0.3 is 0 Å². The number of fused-ring (bicyclic) bond motifs is 1. The summed E-state index contributed by atoms with van der Waals surface area (Å²) >= 11 is 6.33. The topological polar surface area (TPSA) is 48.3 Å². The van der Waals surface area contributed by atoms with E-state index in [1.165, 1.54) is 0 Å². The molecule has 0 atom stereocenters. The third kappa shape index (κ3) is 2.59. The quantitative estimate of drug-likeness (QED) is 0.736. The molecule has 1 N–H and O–H groups in total. The summed E-state index contributed by atoms with van der Waals surface area (Å²) in [5.74, 6) is 2.48. The van der Waals surface area contributed by atoms with Crippen LogP contribution in [0.4, 0.5) is 5.82 Å². The number of hydrogen-bond acceptors (Lipinski definition) is 4. The van der Waals surface area contributed by atoms with Gasteiger partial charge < -0.3 is 14.8 Å². The zero-order valence-electron chi connectivity index (χ0n) is 15.0. The number of aromatic nitrogens is 2. The molecule has 0 saturated heterocycles. The average molecular weight is 370 g/mol. The third-order valence-electron chi connectivity index (χ3n) is 4.72. The molecule has 26 heavy (non-hydrogen) atoms. The molecule has 5 nitrogen and oxygen atoms in total. The van der Waals surface area contributed by atoms with E-state index >= 15 is 0 Å². The van der Waals surface area contributed by atoms with Crippen molar-refractivity contribution in [1.29, 1.82) is 0 Å². The number of methoxy groups -OCH3 is 2. The van der Waals surface area contributed by atoms with Crippen LogP contribution in [0.2, 0.25) is 5.02 Å². The lowest BCUT2D eigenvalue weighted by atomic mass is 10.0. The van der Waals surface area contributed by atoms with E-state index in [1.807, 2.05) is 48.0 Å². The van der Waals surface area contributed by atoms with Crippen LogP contribution in [0.25, 0.3) is 16.9 Å². The van der Waals surface area contributed by atoms with Gasteiger partial charge in [-0.3, -0.25) is 0 Å². The predicted octanol–water partition coefficient (Wildman–Crippen LogP) is 4.49. The molecule has 0 bridgehead atoms. The van der Waals surface area contributed by atoms with Crippen molar-refractivity contribution in [3.05, 3.63) is 52.5 Å². The van der Waals surface area contributed by atoms with Crippen LogP contribution in [0.3, 0.4) is 0 Å². The summed E-state index contributed by atoms with van der Waals surface area (Å²) in [5, 5.41) is 9.06. The van der Waals surface area contributed by atoms with Crippen molar-refractivity contribution in [2.24, 2.45) is 0 Å². The van der Waals surface area contributed by atoms with Crippen LogP contribution >= 0.6 is 11.6 Å². The van der Waals surface area contributed by atoms with Crippen LogP contribution in [0.5, 0.6) is 11.5 Å².